The molecule has 0 atom stereocenters. The lowest BCUT2D eigenvalue weighted by Crippen LogP contribution is -3.00. The first kappa shape index (κ1) is 14.5. The topological polar surface area (TPSA) is 43.1 Å². The summed E-state index contributed by atoms with van der Waals surface area (Å²) in [6.45, 7) is 0. The molecule has 1 rings (SSSR count). The van der Waals surface area contributed by atoms with Gasteiger partial charge in [0.15, 0.2) is 0 Å². The highest BCUT2D eigenvalue weighted by Gasteiger charge is 2.06. The third-order valence-electron chi connectivity index (χ3n) is 1.95. The number of benzene rings is 1. The molecule has 0 aliphatic rings. The van der Waals surface area contributed by atoms with Gasteiger partial charge in [-0.15, -0.1) is 0 Å². The molecule has 0 radical (unpaired) electrons. The fourth-order valence-corrected chi connectivity index (χ4v) is 1.75. The normalized spacial score (nSPS) is 9.80. The van der Waals surface area contributed by atoms with Crippen molar-refractivity contribution in [1.82, 2.24) is 0 Å². The number of hydrogen-bond acceptors (Lipinski definition) is 2. The molecule has 0 unspecified atom stereocenters. The number of nitrogens with zero attached hydrogens (tertiary/aromatic N) is 1. The van der Waals surface area contributed by atoms with Gasteiger partial charge in [-0.05, 0) is 16.5 Å². The zero-order valence-corrected chi connectivity index (χ0v) is 11.2. The van der Waals surface area contributed by atoms with Crippen molar-refractivity contribution >= 4 is 16.6 Å². The lowest BCUT2D eigenvalue weighted by atomic mass is 10.1. The first-order chi connectivity index (χ1) is 6.59. The number of rotatable bonds is 4. The van der Waals surface area contributed by atoms with Crippen LogP contribution in [0.15, 0.2) is 24.3 Å². The molecule has 3 nitrogen and oxygen atoms in total. The van der Waals surface area contributed by atoms with Crippen molar-refractivity contribution in [1.29, 1.82) is 0 Å². The van der Waals surface area contributed by atoms with Crippen molar-refractivity contribution in [3.63, 3.8) is 0 Å². The highest BCUT2D eigenvalue weighted by molar-refractivity contribution is 7.95. The number of non-ortho nitro benzene ring substituents is 1. The fraction of sp³-hybridized carbons (Fsp3) is 0.400. The Morgan fingerprint density at radius 1 is 1.27 bits per heavy atom. The van der Waals surface area contributed by atoms with E-state index in [9.17, 15) is 10.1 Å². The van der Waals surface area contributed by atoms with Crippen LogP contribution < -0.4 is 17.0 Å². The van der Waals surface area contributed by atoms with E-state index in [-0.39, 0.29) is 27.6 Å². The van der Waals surface area contributed by atoms with Crippen LogP contribution in [0, 0.1) is 10.1 Å². The monoisotopic (exact) mass is 291 g/mol. The summed E-state index contributed by atoms with van der Waals surface area (Å²) in [5.41, 5.74) is 1.34. The summed E-state index contributed by atoms with van der Waals surface area (Å²) in [6.07, 6.45) is 5.41. The van der Waals surface area contributed by atoms with Gasteiger partial charge in [-0.3, -0.25) is 10.1 Å². The average Bonchev–Trinajstić information content (AvgIpc) is 2.15. The SMILES string of the molecule is C[S+](C)CCc1ccc([N+](=O)[O-])cc1.[Br-]. The second-order valence-corrected chi connectivity index (χ2v) is 5.74. The van der Waals surface area contributed by atoms with Gasteiger partial charge in [-0.25, -0.2) is 0 Å². The Morgan fingerprint density at radius 3 is 2.20 bits per heavy atom. The Hall–Kier alpha value is -0.550. The highest BCUT2D eigenvalue weighted by atomic mass is 79.9. The maximum Gasteiger partial charge on any atom is 0.269 e. The largest absolute Gasteiger partial charge is 1.00 e. The number of hydrogen-bond donors (Lipinski definition) is 0. The molecule has 0 N–H and O–H groups in total. The number of nitro benzene ring substituents is 1. The van der Waals surface area contributed by atoms with E-state index in [0.29, 0.717) is 10.9 Å². The van der Waals surface area contributed by atoms with Crippen molar-refractivity contribution in [3.8, 4) is 0 Å². The van der Waals surface area contributed by atoms with Gasteiger partial charge in [-0.1, -0.05) is 12.1 Å². The smallest absolute Gasteiger partial charge is 0.269 e. The van der Waals surface area contributed by atoms with Gasteiger partial charge in [0.1, 0.15) is 5.75 Å². The summed E-state index contributed by atoms with van der Waals surface area (Å²) in [7, 11) is 0.436. The van der Waals surface area contributed by atoms with E-state index in [4.69, 9.17) is 0 Å². The molecule has 1 aromatic carbocycles. The number of aryl methyl sites for hydroxylation is 1. The van der Waals surface area contributed by atoms with Crippen LogP contribution in [0.3, 0.4) is 0 Å². The predicted octanol–water partition coefficient (Wildman–Crippen LogP) is -0.981. The van der Waals surface area contributed by atoms with E-state index in [2.05, 4.69) is 12.5 Å². The van der Waals surface area contributed by atoms with Crippen LogP contribution in [0.5, 0.6) is 0 Å². The van der Waals surface area contributed by atoms with Crippen LogP contribution in [0.4, 0.5) is 5.69 Å². The third kappa shape index (κ3) is 5.18. The number of halogens is 1. The molecule has 5 heteroatoms. The molecule has 0 fully saturated rings. The van der Waals surface area contributed by atoms with Gasteiger partial charge >= 0.3 is 0 Å². The zero-order chi connectivity index (χ0) is 10.6. The summed E-state index contributed by atoms with van der Waals surface area (Å²) < 4.78 is 0. The Bertz CT molecular complexity index is 314. The standard InChI is InChI=1S/C10H14NO2S.BrH/c1-14(2)8-7-9-3-5-10(6-4-9)11(12)13;/h3-6H,7-8H2,1-2H3;1H/q+1;/p-1. The van der Waals surface area contributed by atoms with Gasteiger partial charge in [0.05, 0.1) is 17.4 Å². The van der Waals surface area contributed by atoms with Crippen LogP contribution in [0.2, 0.25) is 0 Å². The molecule has 0 heterocycles. The van der Waals surface area contributed by atoms with Crippen molar-refractivity contribution in [2.45, 2.75) is 6.42 Å². The van der Waals surface area contributed by atoms with E-state index in [1.165, 1.54) is 5.56 Å². The van der Waals surface area contributed by atoms with Crippen molar-refractivity contribution in [3.05, 3.63) is 39.9 Å². The van der Waals surface area contributed by atoms with Gasteiger partial charge in [0.2, 0.25) is 0 Å². The van der Waals surface area contributed by atoms with Crippen LogP contribution in [-0.2, 0) is 17.3 Å². The van der Waals surface area contributed by atoms with Gasteiger partial charge in [0.25, 0.3) is 5.69 Å². The van der Waals surface area contributed by atoms with E-state index in [1.54, 1.807) is 12.1 Å². The maximum absolute atomic E-state index is 10.4. The molecule has 84 valence electrons. The Balaban J connectivity index is 0.00000196. The van der Waals surface area contributed by atoms with Gasteiger partial charge in [0, 0.05) is 18.6 Å². The van der Waals surface area contributed by atoms with Crippen LogP contribution in [0.25, 0.3) is 0 Å². The lowest BCUT2D eigenvalue weighted by molar-refractivity contribution is -0.384. The van der Waals surface area contributed by atoms with E-state index < -0.39 is 0 Å². The molecule has 0 spiro atoms. The summed E-state index contributed by atoms with van der Waals surface area (Å²) in [5, 5.41) is 10.4. The molecule has 0 saturated heterocycles. The molecule has 0 aliphatic carbocycles. The molecule has 0 bridgehead atoms. The van der Waals surface area contributed by atoms with E-state index in [1.807, 2.05) is 12.1 Å². The quantitative estimate of drug-likeness (QED) is 0.407. The van der Waals surface area contributed by atoms with Crippen molar-refractivity contribution in [2.24, 2.45) is 0 Å². The molecule has 0 aliphatic heterocycles. The minimum atomic E-state index is -0.367. The first-order valence-electron chi connectivity index (χ1n) is 4.37. The predicted molar refractivity (Wildman–Crippen MR) is 60.9 cm³/mol. The van der Waals surface area contributed by atoms with Crippen LogP contribution in [-0.4, -0.2) is 23.2 Å². The summed E-state index contributed by atoms with van der Waals surface area (Å²) >= 11 is 0. The van der Waals surface area contributed by atoms with Gasteiger partial charge < -0.3 is 17.0 Å². The Morgan fingerprint density at radius 2 is 1.80 bits per heavy atom. The van der Waals surface area contributed by atoms with Gasteiger partial charge in [-0.2, -0.15) is 0 Å². The van der Waals surface area contributed by atoms with E-state index >= 15 is 0 Å². The molecule has 15 heavy (non-hydrogen) atoms. The van der Waals surface area contributed by atoms with Crippen LogP contribution in [0.1, 0.15) is 5.56 Å². The molecule has 0 saturated carbocycles. The summed E-state index contributed by atoms with van der Waals surface area (Å²) in [5.74, 6) is 1.15. The Kier molecular flexibility index (Phi) is 6.60. The third-order valence-corrected chi connectivity index (χ3v) is 2.97. The second kappa shape index (κ2) is 6.85. The summed E-state index contributed by atoms with van der Waals surface area (Å²) in [6, 6.07) is 6.81. The summed E-state index contributed by atoms with van der Waals surface area (Å²) in [4.78, 5) is 10.0. The zero-order valence-electron chi connectivity index (χ0n) is 8.77. The number of nitro groups is 1. The second-order valence-electron chi connectivity index (χ2n) is 3.36. The molecule has 1 aromatic rings. The Labute approximate surface area is 103 Å². The average molecular weight is 292 g/mol. The molecule has 0 amide bonds. The van der Waals surface area contributed by atoms with Crippen molar-refractivity contribution < 1.29 is 21.9 Å². The fourth-order valence-electron chi connectivity index (χ4n) is 1.11. The molecular formula is C10H14BrNO2S. The first-order valence-corrected chi connectivity index (χ1v) is 6.58. The van der Waals surface area contributed by atoms with E-state index in [0.717, 1.165) is 12.2 Å². The maximum atomic E-state index is 10.4. The minimum absolute atomic E-state index is 0. The molecule has 0 aromatic heterocycles. The lowest BCUT2D eigenvalue weighted by Gasteiger charge is -1.98. The van der Waals surface area contributed by atoms with Crippen molar-refractivity contribution in [2.75, 3.05) is 18.3 Å². The molecular weight excluding hydrogens is 278 g/mol. The highest BCUT2D eigenvalue weighted by Crippen LogP contribution is 2.12. The van der Waals surface area contributed by atoms with Crippen LogP contribution >= 0.6 is 0 Å². The minimum Gasteiger partial charge on any atom is -1.00 e.